The molecule has 2 aromatic rings. The second kappa shape index (κ2) is 4.15. The number of nitrogens with two attached hydrogens (primary N) is 1. The Labute approximate surface area is 97.0 Å². The predicted octanol–water partition coefficient (Wildman–Crippen LogP) is 2.30. The van der Waals surface area contributed by atoms with Gasteiger partial charge in [-0.2, -0.15) is 0 Å². The molecule has 5 heteroatoms. The summed E-state index contributed by atoms with van der Waals surface area (Å²) in [6, 6.07) is 6.73. The highest BCUT2D eigenvalue weighted by Gasteiger charge is 2.13. The molecule has 0 saturated carbocycles. The van der Waals surface area contributed by atoms with Gasteiger partial charge >= 0.3 is 5.97 Å². The summed E-state index contributed by atoms with van der Waals surface area (Å²) in [4.78, 5) is 13.6. The second-order valence-corrected chi connectivity index (χ2v) is 4.10. The van der Waals surface area contributed by atoms with Crippen LogP contribution < -0.4 is 5.73 Å². The molecule has 1 aromatic carbocycles. The van der Waals surface area contributed by atoms with Crippen LogP contribution in [0.4, 0.5) is 0 Å². The number of hydrogen-bond acceptors (Lipinski definition) is 2. The van der Waals surface area contributed by atoms with Crippen molar-refractivity contribution in [2.75, 3.05) is 0 Å². The lowest BCUT2D eigenvalue weighted by molar-refractivity contribution is -0.137. The van der Waals surface area contributed by atoms with E-state index < -0.39 is 12.0 Å². The summed E-state index contributed by atoms with van der Waals surface area (Å²) < 4.78 is 0. The fraction of sp³-hybridized carbons (Fsp3) is 0.182. The Balaban J connectivity index is 2.35. The first kappa shape index (κ1) is 11.0. The Morgan fingerprint density at radius 1 is 1.50 bits per heavy atom. The smallest absolute Gasteiger partial charge is 0.305 e. The van der Waals surface area contributed by atoms with Gasteiger partial charge in [0, 0.05) is 21.6 Å². The zero-order valence-electron chi connectivity index (χ0n) is 8.40. The second-order valence-electron chi connectivity index (χ2n) is 3.66. The summed E-state index contributed by atoms with van der Waals surface area (Å²) in [5, 5.41) is 10.2. The van der Waals surface area contributed by atoms with Crippen LogP contribution in [0.25, 0.3) is 10.9 Å². The summed E-state index contributed by atoms with van der Waals surface area (Å²) in [7, 11) is 0. The number of nitrogens with one attached hydrogen (secondary N) is 1. The van der Waals surface area contributed by atoms with Crippen LogP contribution in [0.3, 0.4) is 0 Å². The van der Waals surface area contributed by atoms with E-state index in [9.17, 15) is 4.79 Å². The summed E-state index contributed by atoms with van der Waals surface area (Å²) in [6.07, 6.45) is -0.0967. The van der Waals surface area contributed by atoms with E-state index in [1.165, 1.54) is 0 Å². The predicted molar refractivity (Wildman–Crippen MR) is 62.5 cm³/mol. The number of halogens is 1. The molecule has 0 radical (unpaired) electrons. The Morgan fingerprint density at radius 3 is 2.94 bits per heavy atom. The van der Waals surface area contributed by atoms with E-state index in [1.807, 2.05) is 18.2 Å². The number of hydrogen-bond donors (Lipinski definition) is 3. The van der Waals surface area contributed by atoms with Gasteiger partial charge < -0.3 is 15.8 Å². The number of H-pyrrole nitrogens is 1. The lowest BCUT2D eigenvalue weighted by atomic mass is 10.1. The van der Waals surface area contributed by atoms with Gasteiger partial charge in [0.2, 0.25) is 0 Å². The molecule has 1 atom stereocenters. The molecule has 84 valence electrons. The monoisotopic (exact) mass is 238 g/mol. The number of carboxylic acid groups (broad SMARTS) is 1. The first-order valence-electron chi connectivity index (χ1n) is 4.82. The molecule has 1 aromatic heterocycles. The highest BCUT2D eigenvalue weighted by molar-refractivity contribution is 6.31. The van der Waals surface area contributed by atoms with Gasteiger partial charge in [-0.25, -0.2) is 0 Å². The normalized spacial score (nSPS) is 12.9. The average molecular weight is 239 g/mol. The molecule has 0 spiro atoms. The van der Waals surface area contributed by atoms with E-state index >= 15 is 0 Å². The standard InChI is InChI=1S/C11H11ClN2O2/c12-7-1-2-9-6(3-7)4-10(14-9)8(13)5-11(15)16/h1-4,8,14H,5,13H2,(H,15,16). The molecule has 4 N–H and O–H groups in total. The summed E-state index contributed by atoms with van der Waals surface area (Å²) in [5.74, 6) is -0.913. The van der Waals surface area contributed by atoms with Gasteiger partial charge in [-0.05, 0) is 24.3 Å². The van der Waals surface area contributed by atoms with Crippen LogP contribution >= 0.6 is 11.6 Å². The number of aliphatic carboxylic acids is 1. The van der Waals surface area contributed by atoms with Crippen LogP contribution in [0.15, 0.2) is 24.3 Å². The van der Waals surface area contributed by atoms with Crippen LogP contribution in [-0.2, 0) is 4.79 Å². The largest absolute Gasteiger partial charge is 0.481 e. The highest BCUT2D eigenvalue weighted by Crippen LogP contribution is 2.23. The van der Waals surface area contributed by atoms with E-state index in [4.69, 9.17) is 22.4 Å². The van der Waals surface area contributed by atoms with Crippen molar-refractivity contribution in [3.63, 3.8) is 0 Å². The Kier molecular flexibility index (Phi) is 2.85. The van der Waals surface area contributed by atoms with Gasteiger partial charge in [0.25, 0.3) is 0 Å². The topological polar surface area (TPSA) is 79.1 Å². The van der Waals surface area contributed by atoms with Crippen molar-refractivity contribution >= 4 is 28.5 Å². The maximum atomic E-state index is 10.5. The van der Waals surface area contributed by atoms with Crippen LogP contribution in [0.1, 0.15) is 18.2 Å². The molecule has 0 bridgehead atoms. The zero-order chi connectivity index (χ0) is 11.7. The zero-order valence-corrected chi connectivity index (χ0v) is 9.16. The molecule has 0 aliphatic heterocycles. The summed E-state index contributed by atoms with van der Waals surface area (Å²) in [5.41, 5.74) is 7.36. The van der Waals surface area contributed by atoms with E-state index in [0.29, 0.717) is 10.7 Å². The van der Waals surface area contributed by atoms with Crippen LogP contribution in [0, 0.1) is 0 Å². The quantitative estimate of drug-likeness (QED) is 0.768. The van der Waals surface area contributed by atoms with Gasteiger partial charge in [-0.1, -0.05) is 11.6 Å². The molecule has 2 rings (SSSR count). The van der Waals surface area contributed by atoms with Crippen molar-refractivity contribution in [2.24, 2.45) is 5.73 Å². The maximum absolute atomic E-state index is 10.5. The van der Waals surface area contributed by atoms with Gasteiger partial charge in [0.05, 0.1) is 12.5 Å². The SMILES string of the molecule is NC(CC(=O)O)c1cc2cc(Cl)ccc2[nH]1. The molecule has 0 aliphatic rings. The molecule has 16 heavy (non-hydrogen) atoms. The molecule has 1 heterocycles. The average Bonchev–Trinajstić information content (AvgIpc) is 2.59. The summed E-state index contributed by atoms with van der Waals surface area (Å²) >= 11 is 5.85. The summed E-state index contributed by atoms with van der Waals surface area (Å²) in [6.45, 7) is 0. The number of rotatable bonds is 3. The third-order valence-corrected chi connectivity index (χ3v) is 2.63. The van der Waals surface area contributed by atoms with E-state index in [-0.39, 0.29) is 6.42 Å². The Morgan fingerprint density at radius 2 is 2.25 bits per heavy atom. The van der Waals surface area contributed by atoms with Crippen molar-refractivity contribution in [3.05, 3.63) is 35.0 Å². The molecular formula is C11H11ClN2O2. The molecule has 0 fully saturated rings. The van der Waals surface area contributed by atoms with E-state index in [1.54, 1.807) is 6.07 Å². The fourth-order valence-corrected chi connectivity index (χ4v) is 1.80. The van der Waals surface area contributed by atoms with Crippen molar-refractivity contribution in [1.82, 2.24) is 4.98 Å². The first-order chi connectivity index (χ1) is 7.56. The number of aromatic amines is 1. The van der Waals surface area contributed by atoms with Crippen molar-refractivity contribution in [2.45, 2.75) is 12.5 Å². The molecule has 1 unspecified atom stereocenters. The fourth-order valence-electron chi connectivity index (χ4n) is 1.62. The lowest BCUT2D eigenvalue weighted by Crippen LogP contribution is -2.15. The molecule has 4 nitrogen and oxygen atoms in total. The van der Waals surface area contributed by atoms with Gasteiger partial charge in [-0.3, -0.25) is 4.79 Å². The third kappa shape index (κ3) is 2.18. The molecule has 0 amide bonds. The first-order valence-corrected chi connectivity index (χ1v) is 5.19. The van der Waals surface area contributed by atoms with Gasteiger partial charge in [-0.15, -0.1) is 0 Å². The molecule has 0 saturated heterocycles. The maximum Gasteiger partial charge on any atom is 0.305 e. The number of carboxylic acids is 1. The van der Waals surface area contributed by atoms with Crippen LogP contribution in [0.2, 0.25) is 5.02 Å². The van der Waals surface area contributed by atoms with E-state index in [0.717, 1.165) is 10.9 Å². The third-order valence-electron chi connectivity index (χ3n) is 2.40. The van der Waals surface area contributed by atoms with Crippen molar-refractivity contribution in [1.29, 1.82) is 0 Å². The van der Waals surface area contributed by atoms with Crippen molar-refractivity contribution in [3.8, 4) is 0 Å². The van der Waals surface area contributed by atoms with Crippen LogP contribution in [0.5, 0.6) is 0 Å². The lowest BCUT2D eigenvalue weighted by Gasteiger charge is -2.05. The molecule has 0 aliphatic carbocycles. The number of benzene rings is 1. The Bertz CT molecular complexity index is 536. The van der Waals surface area contributed by atoms with Gasteiger partial charge in [0.1, 0.15) is 0 Å². The molecular weight excluding hydrogens is 228 g/mol. The Hall–Kier alpha value is -1.52. The number of fused-ring (bicyclic) bond motifs is 1. The van der Waals surface area contributed by atoms with Gasteiger partial charge in [0.15, 0.2) is 0 Å². The highest BCUT2D eigenvalue weighted by atomic mass is 35.5. The van der Waals surface area contributed by atoms with E-state index in [2.05, 4.69) is 4.98 Å². The minimum atomic E-state index is -0.913. The number of aromatic nitrogens is 1. The minimum Gasteiger partial charge on any atom is -0.481 e. The van der Waals surface area contributed by atoms with Crippen LogP contribution in [-0.4, -0.2) is 16.1 Å². The van der Waals surface area contributed by atoms with Crippen molar-refractivity contribution < 1.29 is 9.90 Å². The minimum absolute atomic E-state index is 0.0967. The number of carbonyl (C=O) groups is 1.